The molecule has 2 fully saturated rings. The summed E-state index contributed by atoms with van der Waals surface area (Å²) in [7, 11) is 0. The molecule has 4 aliphatic rings. The van der Waals surface area contributed by atoms with Gasteiger partial charge in [-0.2, -0.15) is 0 Å². The van der Waals surface area contributed by atoms with E-state index in [1.165, 1.54) is 29.7 Å². The van der Waals surface area contributed by atoms with Gasteiger partial charge in [-0.1, -0.05) is 61.9 Å². The summed E-state index contributed by atoms with van der Waals surface area (Å²) in [5, 5.41) is 2.06. The number of hydrogen-bond acceptors (Lipinski definition) is 4. The van der Waals surface area contributed by atoms with Crippen molar-refractivity contribution in [3.8, 4) is 0 Å². The topological polar surface area (TPSA) is 26.8 Å². The monoisotopic (exact) mass is 505 g/mol. The molecule has 1 amide bonds. The van der Waals surface area contributed by atoms with E-state index in [2.05, 4.69) is 76.4 Å². The molecule has 3 aliphatic carbocycles. The number of nitrogens with zero attached hydrogens (tertiary/aromatic N) is 3. The van der Waals surface area contributed by atoms with Crippen molar-refractivity contribution in [3.05, 3.63) is 69.9 Å². The summed E-state index contributed by atoms with van der Waals surface area (Å²) in [6, 6.07) is 15.0. The minimum atomic E-state index is 0.283. The average Bonchev–Trinajstić information content (AvgIpc) is 3.41. The highest BCUT2D eigenvalue weighted by Crippen LogP contribution is 2.59. The van der Waals surface area contributed by atoms with Crippen LogP contribution < -0.4 is 0 Å². The van der Waals surface area contributed by atoms with Crippen molar-refractivity contribution in [1.82, 2.24) is 14.7 Å². The number of piperazine rings is 1. The van der Waals surface area contributed by atoms with Crippen LogP contribution >= 0.6 is 11.3 Å². The first-order valence-electron chi connectivity index (χ1n) is 14.0. The van der Waals surface area contributed by atoms with Gasteiger partial charge in [0.25, 0.3) is 0 Å². The first-order chi connectivity index (χ1) is 17.5. The van der Waals surface area contributed by atoms with Gasteiger partial charge in [-0.25, -0.2) is 0 Å². The highest BCUT2D eigenvalue weighted by molar-refractivity contribution is 7.10. The molecule has 36 heavy (non-hydrogen) atoms. The molecule has 2 aromatic rings. The number of carbonyl (C=O) groups excluding carboxylic acids is 1. The van der Waals surface area contributed by atoms with Crippen molar-refractivity contribution in [2.24, 2.45) is 17.3 Å². The van der Waals surface area contributed by atoms with Crippen LogP contribution in [0.5, 0.6) is 0 Å². The van der Waals surface area contributed by atoms with Crippen LogP contribution in [-0.2, 0) is 17.6 Å². The van der Waals surface area contributed by atoms with Gasteiger partial charge in [0.2, 0.25) is 5.91 Å². The zero-order chi connectivity index (χ0) is 25.0. The Morgan fingerprint density at radius 2 is 1.86 bits per heavy atom. The van der Waals surface area contributed by atoms with Crippen LogP contribution in [0.15, 0.2) is 59.5 Å². The molecule has 0 N–H and O–H groups in total. The summed E-state index contributed by atoms with van der Waals surface area (Å²) >= 11 is 1.68. The molecule has 0 spiro atoms. The predicted octanol–water partition coefficient (Wildman–Crippen LogP) is 5.36. The van der Waals surface area contributed by atoms with Gasteiger partial charge in [0.05, 0.1) is 6.42 Å². The van der Waals surface area contributed by atoms with Gasteiger partial charge in [0.15, 0.2) is 0 Å². The highest BCUT2D eigenvalue weighted by Gasteiger charge is 2.51. The molecular weight excluding hydrogens is 462 g/mol. The van der Waals surface area contributed by atoms with E-state index in [9.17, 15) is 4.79 Å². The lowest BCUT2D eigenvalue weighted by atomic mass is 9.49. The zero-order valence-electron chi connectivity index (χ0n) is 22.2. The number of allylic oxidation sites excluding steroid dienone is 1. The first kappa shape index (κ1) is 25.7. The molecular formula is C31H43N3OS. The lowest BCUT2D eigenvalue weighted by Gasteiger charge is -2.57. The maximum absolute atomic E-state index is 12.7. The molecule has 2 unspecified atom stereocenters. The molecule has 6 rings (SSSR count). The molecule has 2 heterocycles. The number of benzene rings is 1. The van der Waals surface area contributed by atoms with Gasteiger partial charge in [-0.15, -0.1) is 11.3 Å². The summed E-state index contributed by atoms with van der Waals surface area (Å²) in [5.41, 5.74) is 3.64. The van der Waals surface area contributed by atoms with Crippen LogP contribution in [-0.4, -0.2) is 73.0 Å². The predicted molar refractivity (Wildman–Crippen MR) is 150 cm³/mol. The van der Waals surface area contributed by atoms with E-state index in [4.69, 9.17) is 0 Å². The molecule has 1 saturated heterocycles. The van der Waals surface area contributed by atoms with Gasteiger partial charge < -0.3 is 4.90 Å². The number of carbonyl (C=O) groups is 1. The van der Waals surface area contributed by atoms with Crippen molar-refractivity contribution in [1.29, 1.82) is 0 Å². The number of amides is 1. The van der Waals surface area contributed by atoms with Crippen LogP contribution in [0.2, 0.25) is 0 Å². The second-order valence-corrected chi connectivity index (χ2v) is 12.7. The third kappa shape index (κ3) is 6.12. The second-order valence-electron chi connectivity index (χ2n) is 11.7. The number of thiophene rings is 1. The maximum atomic E-state index is 12.7. The van der Waals surface area contributed by atoms with Gasteiger partial charge >= 0.3 is 0 Å². The van der Waals surface area contributed by atoms with E-state index < -0.39 is 0 Å². The minimum absolute atomic E-state index is 0.283. The Bertz CT molecular complexity index is 1010. The van der Waals surface area contributed by atoms with Gasteiger partial charge in [-0.05, 0) is 66.5 Å². The fraction of sp³-hybridized carbons (Fsp3) is 0.581. The van der Waals surface area contributed by atoms with Crippen molar-refractivity contribution in [2.45, 2.75) is 46.0 Å². The average molecular weight is 506 g/mol. The third-order valence-corrected chi connectivity index (χ3v) is 10.0. The Labute approximate surface area is 222 Å². The molecule has 1 saturated carbocycles. The van der Waals surface area contributed by atoms with Crippen LogP contribution in [0.25, 0.3) is 0 Å². The summed E-state index contributed by atoms with van der Waals surface area (Å²) in [6.07, 6.45) is 8.17. The summed E-state index contributed by atoms with van der Waals surface area (Å²) in [5.74, 6) is 1.97. The summed E-state index contributed by atoms with van der Waals surface area (Å²) in [6.45, 7) is 13.2. The van der Waals surface area contributed by atoms with Gasteiger partial charge in [0, 0.05) is 50.7 Å². The van der Waals surface area contributed by atoms with Crippen molar-refractivity contribution < 1.29 is 4.79 Å². The van der Waals surface area contributed by atoms with E-state index in [0.717, 1.165) is 70.6 Å². The zero-order valence-corrected chi connectivity index (χ0v) is 23.0. The number of fused-ring (bicyclic) bond motifs is 1. The third-order valence-electron chi connectivity index (χ3n) is 9.13. The Morgan fingerprint density at radius 3 is 2.56 bits per heavy atom. The van der Waals surface area contributed by atoms with E-state index in [1.807, 2.05) is 6.07 Å². The molecule has 1 aromatic carbocycles. The highest BCUT2D eigenvalue weighted by atomic mass is 32.1. The molecule has 4 nitrogen and oxygen atoms in total. The Kier molecular flexibility index (Phi) is 8.29. The SMILES string of the molecule is CC1(C)C2CC=C(CN(CCCc3ccccc3)CCN3CCN(C(=O)Cc4cccs4)CC3)C1C2. The first-order valence-corrected chi connectivity index (χ1v) is 14.8. The number of aryl methyl sites for hydroxylation is 1. The summed E-state index contributed by atoms with van der Waals surface area (Å²) < 4.78 is 0. The quantitative estimate of drug-likeness (QED) is 0.385. The van der Waals surface area contributed by atoms with Crippen molar-refractivity contribution in [3.63, 3.8) is 0 Å². The number of hydrogen-bond donors (Lipinski definition) is 0. The molecule has 5 heteroatoms. The molecule has 194 valence electrons. The van der Waals surface area contributed by atoms with Crippen LogP contribution in [0, 0.1) is 17.3 Å². The lowest BCUT2D eigenvalue weighted by molar-refractivity contribution is -0.132. The molecule has 1 aromatic heterocycles. The fourth-order valence-corrected chi connectivity index (χ4v) is 7.21. The molecule has 0 radical (unpaired) electrons. The minimum Gasteiger partial charge on any atom is -0.340 e. The van der Waals surface area contributed by atoms with Gasteiger partial charge in [0.1, 0.15) is 0 Å². The molecule has 2 bridgehead atoms. The van der Waals surface area contributed by atoms with Crippen LogP contribution in [0.1, 0.15) is 43.6 Å². The Morgan fingerprint density at radius 1 is 1.06 bits per heavy atom. The van der Waals surface area contributed by atoms with E-state index in [1.54, 1.807) is 16.9 Å². The molecule has 1 aliphatic heterocycles. The Hall–Kier alpha value is -1.95. The molecule has 2 atom stereocenters. The van der Waals surface area contributed by atoms with E-state index >= 15 is 0 Å². The normalized spacial score (nSPS) is 23.4. The lowest BCUT2D eigenvalue weighted by Crippen LogP contribution is -2.52. The standard InChI is InChI=1S/C31H43N3OS/c1-31(2)27-13-12-26(29(31)22-27)24-33(14-6-10-25-8-4-3-5-9-25)16-15-32-17-19-34(20-18-32)30(35)23-28-11-7-21-36-28/h3-5,7-9,11-12,21,27,29H,6,10,13-20,22-24H2,1-2H3. The Balaban J connectivity index is 1.11. The van der Waals surface area contributed by atoms with Crippen LogP contribution in [0.3, 0.4) is 0 Å². The van der Waals surface area contributed by atoms with Crippen molar-refractivity contribution in [2.75, 3.05) is 52.4 Å². The maximum Gasteiger partial charge on any atom is 0.227 e. The van der Waals surface area contributed by atoms with E-state index in [0.29, 0.717) is 11.8 Å². The van der Waals surface area contributed by atoms with E-state index in [-0.39, 0.29) is 5.91 Å². The smallest absolute Gasteiger partial charge is 0.227 e. The summed E-state index contributed by atoms with van der Waals surface area (Å²) in [4.78, 5) is 21.2. The fourth-order valence-electron chi connectivity index (χ4n) is 6.51. The largest absolute Gasteiger partial charge is 0.340 e. The van der Waals surface area contributed by atoms with Crippen LogP contribution in [0.4, 0.5) is 0 Å². The van der Waals surface area contributed by atoms with Crippen molar-refractivity contribution >= 4 is 17.2 Å². The second kappa shape index (κ2) is 11.6. The van der Waals surface area contributed by atoms with Gasteiger partial charge in [-0.3, -0.25) is 14.6 Å². The number of rotatable bonds is 11.